The Balaban J connectivity index is 2.67. The molecule has 0 spiro atoms. The fourth-order valence-corrected chi connectivity index (χ4v) is 1.38. The first-order valence-electron chi connectivity index (χ1n) is 4.35. The molecule has 0 saturated carbocycles. The van der Waals surface area contributed by atoms with Gasteiger partial charge in [0.15, 0.2) is 0 Å². The van der Waals surface area contributed by atoms with Crippen molar-refractivity contribution < 1.29 is 4.79 Å². The summed E-state index contributed by atoms with van der Waals surface area (Å²) in [5, 5.41) is 10.9. The lowest BCUT2D eigenvalue weighted by Gasteiger charge is -2.04. The number of amides is 1. The number of carbonyl (C=O) groups excluding carboxylic acids is 1. The molecule has 78 valence electrons. The molecule has 3 N–H and O–H groups in total. The highest BCUT2D eigenvalue weighted by Crippen LogP contribution is 2.20. The molecule has 0 saturated heterocycles. The Bertz CT molecular complexity index is 412. The van der Waals surface area contributed by atoms with Crippen LogP contribution in [-0.4, -0.2) is 12.5 Å². The molecule has 0 radical (unpaired) electrons. The van der Waals surface area contributed by atoms with E-state index in [1.807, 2.05) is 6.07 Å². The number of nitrogens with two attached hydrogens (primary N) is 1. The largest absolute Gasteiger partial charge is 0.398 e. The molecule has 0 unspecified atom stereocenters. The minimum Gasteiger partial charge on any atom is -0.398 e. The average molecular weight is 268 g/mol. The summed E-state index contributed by atoms with van der Waals surface area (Å²) >= 11 is 3.24. The monoisotopic (exact) mass is 267 g/mol. The van der Waals surface area contributed by atoms with E-state index in [0.717, 1.165) is 0 Å². The molecule has 0 aliphatic heterocycles. The molecule has 0 bridgehead atoms. The van der Waals surface area contributed by atoms with Gasteiger partial charge in [-0.05, 0) is 34.1 Å². The molecule has 0 aromatic heterocycles. The van der Waals surface area contributed by atoms with E-state index in [1.54, 1.807) is 18.2 Å². The van der Waals surface area contributed by atoms with Crippen LogP contribution in [0.2, 0.25) is 0 Å². The van der Waals surface area contributed by atoms with Crippen LogP contribution in [0.25, 0.3) is 0 Å². The van der Waals surface area contributed by atoms with E-state index in [0.29, 0.717) is 28.7 Å². The molecule has 0 fully saturated rings. The second kappa shape index (κ2) is 5.37. The number of anilines is 1. The first kappa shape index (κ1) is 11.5. The third-order valence-electron chi connectivity index (χ3n) is 1.79. The lowest BCUT2D eigenvalue weighted by atomic mass is 10.2. The van der Waals surface area contributed by atoms with Gasteiger partial charge in [-0.25, -0.2) is 0 Å². The normalized spacial score (nSPS) is 9.33. The van der Waals surface area contributed by atoms with Crippen molar-refractivity contribution in [3.8, 4) is 6.07 Å². The van der Waals surface area contributed by atoms with E-state index in [9.17, 15) is 4.79 Å². The minimum absolute atomic E-state index is 0.203. The van der Waals surface area contributed by atoms with Crippen LogP contribution >= 0.6 is 15.9 Å². The second-order valence-electron chi connectivity index (χ2n) is 2.90. The number of hydrogen-bond acceptors (Lipinski definition) is 3. The molecule has 4 nitrogen and oxygen atoms in total. The summed E-state index contributed by atoms with van der Waals surface area (Å²) < 4.78 is 0.690. The molecule has 1 amide bonds. The molecule has 0 heterocycles. The van der Waals surface area contributed by atoms with Gasteiger partial charge in [0.2, 0.25) is 0 Å². The molecule has 0 aliphatic carbocycles. The number of nitrogens with zero attached hydrogens (tertiary/aromatic N) is 1. The lowest BCUT2D eigenvalue weighted by molar-refractivity contribution is 0.0954. The Hall–Kier alpha value is -1.54. The van der Waals surface area contributed by atoms with Crippen molar-refractivity contribution in [2.24, 2.45) is 0 Å². The summed E-state index contributed by atoms with van der Waals surface area (Å²) in [7, 11) is 0. The number of rotatable bonds is 3. The summed E-state index contributed by atoms with van der Waals surface area (Å²) in [6, 6.07) is 6.90. The van der Waals surface area contributed by atoms with E-state index in [2.05, 4.69) is 21.2 Å². The van der Waals surface area contributed by atoms with E-state index < -0.39 is 0 Å². The summed E-state index contributed by atoms with van der Waals surface area (Å²) in [6.45, 7) is 0.358. The zero-order chi connectivity index (χ0) is 11.3. The van der Waals surface area contributed by atoms with Gasteiger partial charge < -0.3 is 11.1 Å². The Labute approximate surface area is 96.2 Å². The number of carbonyl (C=O) groups is 1. The summed E-state index contributed by atoms with van der Waals surface area (Å²) in [5.41, 5.74) is 6.70. The Morgan fingerprint density at radius 1 is 1.60 bits per heavy atom. The molecule has 0 aliphatic rings. The summed E-state index contributed by atoms with van der Waals surface area (Å²) in [5.74, 6) is -0.203. The van der Waals surface area contributed by atoms with Crippen LogP contribution in [0, 0.1) is 11.3 Å². The smallest absolute Gasteiger partial charge is 0.251 e. The van der Waals surface area contributed by atoms with Crippen molar-refractivity contribution in [1.82, 2.24) is 5.32 Å². The van der Waals surface area contributed by atoms with Gasteiger partial charge in [-0.15, -0.1) is 0 Å². The SMILES string of the molecule is N#CCCNC(=O)c1ccc(N)c(Br)c1. The predicted molar refractivity (Wildman–Crippen MR) is 61.1 cm³/mol. The number of hydrogen-bond donors (Lipinski definition) is 2. The van der Waals surface area contributed by atoms with Crippen LogP contribution in [0.3, 0.4) is 0 Å². The zero-order valence-corrected chi connectivity index (χ0v) is 9.54. The van der Waals surface area contributed by atoms with Crippen molar-refractivity contribution in [3.05, 3.63) is 28.2 Å². The highest BCUT2D eigenvalue weighted by Gasteiger charge is 2.06. The van der Waals surface area contributed by atoms with Gasteiger partial charge in [0.25, 0.3) is 5.91 Å². The van der Waals surface area contributed by atoms with Gasteiger partial charge in [0.05, 0.1) is 12.5 Å². The van der Waals surface area contributed by atoms with Crippen molar-refractivity contribution in [2.45, 2.75) is 6.42 Å². The number of nitrogen functional groups attached to an aromatic ring is 1. The van der Waals surface area contributed by atoms with Crippen molar-refractivity contribution >= 4 is 27.5 Å². The third-order valence-corrected chi connectivity index (χ3v) is 2.47. The first-order chi connectivity index (χ1) is 7.15. The highest BCUT2D eigenvalue weighted by molar-refractivity contribution is 9.10. The van der Waals surface area contributed by atoms with Gasteiger partial charge in [-0.2, -0.15) is 5.26 Å². The van der Waals surface area contributed by atoms with Crippen LogP contribution in [-0.2, 0) is 0 Å². The van der Waals surface area contributed by atoms with Gasteiger partial charge in [0, 0.05) is 22.3 Å². The summed E-state index contributed by atoms with van der Waals surface area (Å²) in [4.78, 5) is 11.5. The molecular weight excluding hydrogens is 258 g/mol. The predicted octanol–water partition coefficient (Wildman–Crippen LogP) is 1.67. The van der Waals surface area contributed by atoms with Gasteiger partial charge in [-0.1, -0.05) is 0 Å². The topological polar surface area (TPSA) is 78.9 Å². The van der Waals surface area contributed by atoms with Gasteiger partial charge in [-0.3, -0.25) is 4.79 Å². The summed E-state index contributed by atoms with van der Waals surface area (Å²) in [6.07, 6.45) is 0.307. The van der Waals surface area contributed by atoms with E-state index in [4.69, 9.17) is 11.0 Å². The maximum Gasteiger partial charge on any atom is 0.251 e. The van der Waals surface area contributed by atoms with Crippen LogP contribution in [0.15, 0.2) is 22.7 Å². The number of benzene rings is 1. The maximum absolute atomic E-state index is 11.5. The van der Waals surface area contributed by atoms with Crippen LogP contribution in [0.5, 0.6) is 0 Å². The quantitative estimate of drug-likeness (QED) is 0.646. The Morgan fingerprint density at radius 3 is 2.93 bits per heavy atom. The van der Waals surface area contributed by atoms with E-state index in [1.165, 1.54) is 0 Å². The first-order valence-corrected chi connectivity index (χ1v) is 5.14. The average Bonchev–Trinajstić information content (AvgIpc) is 2.22. The van der Waals surface area contributed by atoms with Gasteiger partial charge >= 0.3 is 0 Å². The minimum atomic E-state index is -0.203. The molecular formula is C10H10BrN3O. The molecule has 1 rings (SSSR count). The molecule has 0 atom stereocenters. The van der Waals surface area contributed by atoms with Crippen LogP contribution in [0.4, 0.5) is 5.69 Å². The standard InChI is InChI=1S/C10H10BrN3O/c11-8-6-7(2-3-9(8)13)10(15)14-5-1-4-12/h2-3,6H,1,5,13H2,(H,14,15). The maximum atomic E-state index is 11.5. The number of nitriles is 1. The van der Waals surface area contributed by atoms with Crippen molar-refractivity contribution in [3.63, 3.8) is 0 Å². The van der Waals surface area contributed by atoms with Gasteiger partial charge in [0.1, 0.15) is 0 Å². The highest BCUT2D eigenvalue weighted by atomic mass is 79.9. The lowest BCUT2D eigenvalue weighted by Crippen LogP contribution is -2.24. The van der Waals surface area contributed by atoms with Crippen molar-refractivity contribution in [1.29, 1.82) is 5.26 Å². The second-order valence-corrected chi connectivity index (χ2v) is 3.75. The Kier molecular flexibility index (Phi) is 4.13. The number of halogens is 1. The Morgan fingerprint density at radius 2 is 2.33 bits per heavy atom. The number of nitrogens with one attached hydrogen (secondary N) is 1. The molecule has 15 heavy (non-hydrogen) atoms. The van der Waals surface area contributed by atoms with E-state index in [-0.39, 0.29) is 5.91 Å². The third kappa shape index (κ3) is 3.26. The fourth-order valence-electron chi connectivity index (χ4n) is 1.00. The fraction of sp³-hybridized carbons (Fsp3) is 0.200. The molecule has 5 heteroatoms. The van der Waals surface area contributed by atoms with Crippen molar-refractivity contribution in [2.75, 3.05) is 12.3 Å². The van der Waals surface area contributed by atoms with E-state index >= 15 is 0 Å². The van der Waals surface area contributed by atoms with Crippen LogP contribution < -0.4 is 11.1 Å². The van der Waals surface area contributed by atoms with Crippen LogP contribution in [0.1, 0.15) is 16.8 Å². The zero-order valence-electron chi connectivity index (χ0n) is 7.96. The molecule has 1 aromatic carbocycles. The molecule has 1 aromatic rings.